The summed E-state index contributed by atoms with van der Waals surface area (Å²) in [4.78, 5) is 13.1. The topological polar surface area (TPSA) is 109 Å². The van der Waals surface area contributed by atoms with Crippen LogP contribution in [0.3, 0.4) is 0 Å². The molecule has 0 aliphatic carbocycles. The van der Waals surface area contributed by atoms with Crippen LogP contribution in [-0.4, -0.2) is 29.0 Å². The molecular weight excluding hydrogens is 448 g/mol. The Morgan fingerprint density at radius 1 is 0.844 bits per heavy atom. The van der Waals surface area contributed by atoms with Crippen LogP contribution in [0.1, 0.15) is 34.5 Å². The molecule has 7 nitrogen and oxygen atoms in total. The molecule has 9 heteroatoms. The number of aryl methyl sites for hydroxylation is 1. The Morgan fingerprint density at radius 3 is 2.06 bits per heavy atom. The van der Waals surface area contributed by atoms with E-state index in [-0.39, 0.29) is 21.7 Å². The minimum absolute atomic E-state index is 0.125. The van der Waals surface area contributed by atoms with Crippen molar-refractivity contribution in [3.05, 3.63) is 89.5 Å². The Bertz CT molecular complexity index is 1330. The van der Waals surface area contributed by atoms with Gasteiger partial charge in [-0.1, -0.05) is 36.4 Å². The molecule has 32 heavy (non-hydrogen) atoms. The van der Waals surface area contributed by atoms with Gasteiger partial charge in [-0.05, 0) is 61.4 Å². The first-order chi connectivity index (χ1) is 15.0. The number of benzene rings is 3. The molecule has 0 aromatic heterocycles. The van der Waals surface area contributed by atoms with E-state index in [9.17, 15) is 21.6 Å². The van der Waals surface area contributed by atoms with Crippen molar-refractivity contribution < 1.29 is 21.6 Å². The highest BCUT2D eigenvalue weighted by Gasteiger charge is 2.18. The molecule has 3 aromatic rings. The largest absolute Gasteiger partial charge is 0.346 e. The number of anilines is 1. The van der Waals surface area contributed by atoms with Gasteiger partial charge in [0.25, 0.3) is 15.9 Å². The van der Waals surface area contributed by atoms with E-state index in [4.69, 9.17) is 0 Å². The second-order valence-electron chi connectivity index (χ2n) is 7.48. The maximum absolute atomic E-state index is 12.8. The lowest BCUT2D eigenvalue weighted by Crippen LogP contribution is -2.27. The van der Waals surface area contributed by atoms with Crippen molar-refractivity contribution in [3.8, 4) is 0 Å². The van der Waals surface area contributed by atoms with Crippen LogP contribution in [0.15, 0.2) is 82.6 Å². The van der Waals surface area contributed by atoms with Crippen molar-refractivity contribution in [2.75, 3.05) is 11.0 Å². The van der Waals surface area contributed by atoms with E-state index in [1.165, 1.54) is 30.3 Å². The van der Waals surface area contributed by atoms with Gasteiger partial charge in [0.05, 0.1) is 21.5 Å². The third kappa shape index (κ3) is 5.54. The molecule has 3 aromatic carbocycles. The van der Waals surface area contributed by atoms with E-state index in [0.717, 1.165) is 11.8 Å². The molecule has 0 bridgehead atoms. The van der Waals surface area contributed by atoms with Crippen LogP contribution < -0.4 is 10.0 Å². The van der Waals surface area contributed by atoms with Crippen LogP contribution in [0, 0.1) is 6.92 Å². The molecule has 0 heterocycles. The van der Waals surface area contributed by atoms with E-state index in [0.29, 0.717) is 16.8 Å². The zero-order chi connectivity index (χ0) is 23.5. The Kier molecular flexibility index (Phi) is 6.71. The van der Waals surface area contributed by atoms with Crippen molar-refractivity contribution in [1.82, 2.24) is 5.32 Å². The number of sulfonamides is 1. The first kappa shape index (κ1) is 23.5. The van der Waals surface area contributed by atoms with Gasteiger partial charge in [0.2, 0.25) is 0 Å². The molecule has 0 aliphatic rings. The summed E-state index contributed by atoms with van der Waals surface area (Å²) >= 11 is 0. The maximum Gasteiger partial charge on any atom is 0.261 e. The van der Waals surface area contributed by atoms with Crippen LogP contribution >= 0.6 is 0 Å². The lowest BCUT2D eigenvalue weighted by atomic mass is 10.1. The van der Waals surface area contributed by atoms with Gasteiger partial charge in [-0.2, -0.15) is 0 Å². The SMILES string of the molecule is Cc1ccc(C(=O)N[C@H](C)c2ccc(S(C)(=O)=O)cc2)cc1NS(=O)(=O)c1ccccc1. The lowest BCUT2D eigenvalue weighted by Gasteiger charge is -2.16. The predicted octanol–water partition coefficient (Wildman–Crippen LogP) is 3.69. The molecule has 3 rings (SSSR count). The Labute approximate surface area is 188 Å². The third-order valence-electron chi connectivity index (χ3n) is 4.95. The number of rotatable bonds is 7. The zero-order valence-electron chi connectivity index (χ0n) is 17.9. The van der Waals surface area contributed by atoms with E-state index < -0.39 is 19.9 Å². The van der Waals surface area contributed by atoms with Crippen LogP contribution in [-0.2, 0) is 19.9 Å². The monoisotopic (exact) mass is 472 g/mol. The fraction of sp³-hybridized carbons (Fsp3) is 0.174. The predicted molar refractivity (Wildman–Crippen MR) is 124 cm³/mol. The molecule has 0 fully saturated rings. The molecule has 0 radical (unpaired) electrons. The van der Waals surface area contributed by atoms with Crippen LogP contribution in [0.5, 0.6) is 0 Å². The van der Waals surface area contributed by atoms with Gasteiger partial charge < -0.3 is 5.32 Å². The summed E-state index contributed by atoms with van der Waals surface area (Å²) < 4.78 is 51.0. The second-order valence-corrected chi connectivity index (χ2v) is 11.2. The standard InChI is InChI=1S/C23H24N2O5S2/c1-16-9-10-19(15-22(16)25-32(29,30)21-7-5-4-6-8-21)23(26)24-17(2)18-11-13-20(14-12-18)31(3,27)28/h4-15,17,25H,1-3H3,(H,24,26)/t17-/m1/s1. The number of hydrogen-bond acceptors (Lipinski definition) is 5. The van der Waals surface area contributed by atoms with Crippen molar-refractivity contribution in [3.63, 3.8) is 0 Å². The van der Waals surface area contributed by atoms with Crippen LogP contribution in [0.2, 0.25) is 0 Å². The molecule has 0 unspecified atom stereocenters. The van der Waals surface area contributed by atoms with Crippen molar-refractivity contribution in [1.29, 1.82) is 0 Å². The van der Waals surface area contributed by atoms with Crippen molar-refractivity contribution >= 4 is 31.5 Å². The fourth-order valence-electron chi connectivity index (χ4n) is 3.04. The summed E-state index contributed by atoms with van der Waals surface area (Å²) in [6.07, 6.45) is 1.13. The van der Waals surface area contributed by atoms with Gasteiger partial charge in [0.15, 0.2) is 9.84 Å². The lowest BCUT2D eigenvalue weighted by molar-refractivity contribution is 0.0940. The van der Waals surface area contributed by atoms with Gasteiger partial charge in [-0.3, -0.25) is 9.52 Å². The first-order valence-electron chi connectivity index (χ1n) is 9.77. The minimum atomic E-state index is -3.79. The average Bonchev–Trinajstić information content (AvgIpc) is 2.75. The number of nitrogens with one attached hydrogen (secondary N) is 2. The highest BCUT2D eigenvalue weighted by molar-refractivity contribution is 7.92. The van der Waals surface area contributed by atoms with Crippen LogP contribution in [0.4, 0.5) is 5.69 Å². The average molecular weight is 473 g/mol. The number of carbonyl (C=O) groups excluding carboxylic acids is 1. The maximum atomic E-state index is 12.8. The number of carbonyl (C=O) groups is 1. The third-order valence-corrected chi connectivity index (χ3v) is 7.46. The molecule has 0 aliphatic heterocycles. The minimum Gasteiger partial charge on any atom is -0.346 e. The van der Waals surface area contributed by atoms with Crippen LogP contribution in [0.25, 0.3) is 0 Å². The Balaban J connectivity index is 1.78. The van der Waals surface area contributed by atoms with Gasteiger partial charge in [-0.25, -0.2) is 16.8 Å². The quantitative estimate of drug-likeness (QED) is 0.545. The van der Waals surface area contributed by atoms with Crippen molar-refractivity contribution in [2.45, 2.75) is 29.7 Å². The van der Waals surface area contributed by atoms with E-state index >= 15 is 0 Å². The summed E-state index contributed by atoms with van der Waals surface area (Å²) in [7, 11) is -7.09. The first-order valence-corrected chi connectivity index (χ1v) is 13.1. The highest BCUT2D eigenvalue weighted by Crippen LogP contribution is 2.22. The molecule has 2 N–H and O–H groups in total. The number of sulfone groups is 1. The summed E-state index contributed by atoms with van der Waals surface area (Å²) in [5, 5.41) is 2.85. The summed E-state index contributed by atoms with van der Waals surface area (Å²) in [5.74, 6) is -0.384. The fourth-order valence-corrected chi connectivity index (χ4v) is 4.82. The zero-order valence-corrected chi connectivity index (χ0v) is 19.5. The van der Waals surface area contributed by atoms with E-state index in [1.54, 1.807) is 56.3 Å². The van der Waals surface area contributed by atoms with Gasteiger partial charge in [0, 0.05) is 11.8 Å². The number of amides is 1. The van der Waals surface area contributed by atoms with Gasteiger partial charge in [0.1, 0.15) is 0 Å². The van der Waals surface area contributed by atoms with E-state index in [1.807, 2.05) is 0 Å². The highest BCUT2D eigenvalue weighted by atomic mass is 32.2. The number of hydrogen-bond donors (Lipinski definition) is 2. The Hall–Kier alpha value is -3.17. The molecule has 1 amide bonds. The molecule has 0 saturated carbocycles. The molecule has 0 spiro atoms. The smallest absolute Gasteiger partial charge is 0.261 e. The summed E-state index contributed by atoms with van der Waals surface area (Å²) in [6.45, 7) is 3.52. The second kappa shape index (κ2) is 9.13. The molecule has 0 saturated heterocycles. The normalized spacial score (nSPS) is 12.7. The Morgan fingerprint density at radius 2 is 1.47 bits per heavy atom. The van der Waals surface area contributed by atoms with E-state index in [2.05, 4.69) is 10.0 Å². The molecule has 168 valence electrons. The van der Waals surface area contributed by atoms with Gasteiger partial charge >= 0.3 is 0 Å². The van der Waals surface area contributed by atoms with Crippen molar-refractivity contribution in [2.24, 2.45) is 0 Å². The molecule has 1 atom stereocenters. The molecular formula is C23H24N2O5S2. The van der Waals surface area contributed by atoms with Gasteiger partial charge in [-0.15, -0.1) is 0 Å². The summed E-state index contributed by atoms with van der Waals surface area (Å²) in [5.41, 5.74) is 2.01. The summed E-state index contributed by atoms with van der Waals surface area (Å²) in [6, 6.07) is 18.7.